The molecule has 3 aromatic rings. The second kappa shape index (κ2) is 10.7. The van der Waals surface area contributed by atoms with Crippen LogP contribution in [0.1, 0.15) is 83.9 Å². The molecule has 3 aromatic carbocycles. The monoisotopic (exact) mass is 427 g/mol. The molecule has 0 saturated heterocycles. The Morgan fingerprint density at radius 3 is 2.03 bits per heavy atom. The molecular formula is C32H29N. The maximum atomic E-state index is 8.90. The van der Waals surface area contributed by atoms with Gasteiger partial charge in [0.15, 0.2) is 0 Å². The molecule has 4 rings (SSSR count). The van der Waals surface area contributed by atoms with Gasteiger partial charge in [0.1, 0.15) is 0 Å². The molecule has 0 amide bonds. The van der Waals surface area contributed by atoms with E-state index in [0.717, 1.165) is 39.7 Å². The van der Waals surface area contributed by atoms with Crippen molar-refractivity contribution in [1.82, 2.24) is 0 Å². The van der Waals surface area contributed by atoms with E-state index >= 15 is 0 Å². The molecule has 0 aliphatic heterocycles. The fourth-order valence-electron chi connectivity index (χ4n) is 4.24. The molecule has 1 aliphatic carbocycles. The van der Waals surface area contributed by atoms with E-state index in [2.05, 4.69) is 73.9 Å². The Hall–Kier alpha value is -3.73. The molecule has 162 valence electrons. The highest BCUT2D eigenvalue weighted by Gasteiger charge is 2.37. The molecule has 0 bridgehead atoms. The number of nitrogens with zero attached hydrogens (tertiary/aromatic N) is 1. The van der Waals surface area contributed by atoms with Crippen molar-refractivity contribution in [1.29, 1.82) is 5.26 Å². The lowest BCUT2D eigenvalue weighted by Crippen LogP contribution is -1.86. The van der Waals surface area contributed by atoms with Crippen LogP contribution in [-0.2, 0) is 0 Å². The highest BCUT2D eigenvalue weighted by atomic mass is 14.4. The Morgan fingerprint density at radius 1 is 0.758 bits per heavy atom. The van der Waals surface area contributed by atoms with Gasteiger partial charge < -0.3 is 0 Å². The van der Waals surface area contributed by atoms with Gasteiger partial charge >= 0.3 is 0 Å². The highest BCUT2D eigenvalue weighted by Crippen LogP contribution is 2.50. The first kappa shape index (κ1) is 22.5. The van der Waals surface area contributed by atoms with Crippen LogP contribution in [0.25, 0.3) is 0 Å². The quantitative estimate of drug-likeness (QED) is 0.308. The highest BCUT2D eigenvalue weighted by molar-refractivity contribution is 5.52. The predicted molar refractivity (Wildman–Crippen MR) is 136 cm³/mol. The average molecular weight is 428 g/mol. The number of hydrogen-bond donors (Lipinski definition) is 0. The van der Waals surface area contributed by atoms with Crippen molar-refractivity contribution >= 4 is 0 Å². The number of rotatable bonds is 5. The molecule has 0 radical (unpaired) electrons. The van der Waals surface area contributed by atoms with Crippen LogP contribution in [-0.4, -0.2) is 0 Å². The van der Waals surface area contributed by atoms with E-state index in [1.807, 2.05) is 24.3 Å². The summed E-state index contributed by atoms with van der Waals surface area (Å²) in [5.41, 5.74) is 7.19. The summed E-state index contributed by atoms with van der Waals surface area (Å²) < 4.78 is 0. The lowest BCUT2D eigenvalue weighted by molar-refractivity contribution is 0.610. The molecule has 1 heteroatoms. The van der Waals surface area contributed by atoms with E-state index in [1.54, 1.807) is 12.1 Å². The van der Waals surface area contributed by atoms with E-state index in [4.69, 9.17) is 5.26 Å². The van der Waals surface area contributed by atoms with Gasteiger partial charge in [0, 0.05) is 22.3 Å². The third-order valence-electron chi connectivity index (χ3n) is 6.37. The van der Waals surface area contributed by atoms with Crippen LogP contribution in [0.4, 0.5) is 0 Å². The molecule has 33 heavy (non-hydrogen) atoms. The molecule has 1 fully saturated rings. The third kappa shape index (κ3) is 6.16. The smallest absolute Gasteiger partial charge is 0.0991 e. The lowest BCUT2D eigenvalue weighted by Gasteiger charge is -2.01. The van der Waals surface area contributed by atoms with Crippen molar-refractivity contribution in [3.05, 3.63) is 106 Å². The van der Waals surface area contributed by atoms with Crippen LogP contribution >= 0.6 is 0 Å². The average Bonchev–Trinajstić information content (AvgIpc) is 3.62. The molecule has 2 atom stereocenters. The zero-order chi connectivity index (χ0) is 23.0. The van der Waals surface area contributed by atoms with Crippen LogP contribution in [0, 0.1) is 47.9 Å². The number of unbranched alkanes of at least 4 members (excludes halogenated alkanes) is 2. The molecule has 0 spiro atoms. The Labute approximate surface area is 198 Å². The third-order valence-corrected chi connectivity index (χ3v) is 6.37. The normalized spacial score (nSPS) is 16.0. The molecular weight excluding hydrogens is 398 g/mol. The SMILES string of the molecule is CCCCCC1CC1c1ccc(C#Cc2ccc(C#Cc3ccc(C#N)cc3)c(C)c2)cc1. The fraction of sp³-hybridized carbons (Fsp3) is 0.281. The van der Waals surface area contributed by atoms with E-state index in [-0.39, 0.29) is 0 Å². The summed E-state index contributed by atoms with van der Waals surface area (Å²) >= 11 is 0. The summed E-state index contributed by atoms with van der Waals surface area (Å²) in [6.45, 7) is 4.34. The van der Waals surface area contributed by atoms with Crippen LogP contribution in [0.15, 0.2) is 66.7 Å². The molecule has 0 heterocycles. The fourth-order valence-corrected chi connectivity index (χ4v) is 4.24. The summed E-state index contributed by atoms with van der Waals surface area (Å²) in [6.07, 6.45) is 6.78. The number of aryl methyl sites for hydroxylation is 1. The minimum atomic E-state index is 0.647. The number of hydrogen-bond acceptors (Lipinski definition) is 1. The van der Waals surface area contributed by atoms with Crippen molar-refractivity contribution < 1.29 is 0 Å². The second-order valence-corrected chi connectivity index (χ2v) is 8.94. The van der Waals surface area contributed by atoms with Gasteiger partial charge in [0.2, 0.25) is 0 Å². The van der Waals surface area contributed by atoms with E-state index < -0.39 is 0 Å². The van der Waals surface area contributed by atoms with Crippen LogP contribution in [0.5, 0.6) is 0 Å². The van der Waals surface area contributed by atoms with Crippen molar-refractivity contribution in [3.8, 4) is 29.8 Å². The summed E-state index contributed by atoms with van der Waals surface area (Å²) in [7, 11) is 0. The second-order valence-electron chi connectivity index (χ2n) is 8.94. The lowest BCUT2D eigenvalue weighted by atomic mass is 10.0. The van der Waals surface area contributed by atoms with Gasteiger partial charge in [-0.3, -0.25) is 0 Å². The predicted octanol–water partition coefficient (Wildman–Crippen LogP) is 7.35. The molecule has 1 saturated carbocycles. The van der Waals surface area contributed by atoms with Gasteiger partial charge in [0.25, 0.3) is 0 Å². The first-order valence-corrected chi connectivity index (χ1v) is 11.9. The van der Waals surface area contributed by atoms with Gasteiger partial charge in [-0.2, -0.15) is 5.26 Å². The Morgan fingerprint density at radius 2 is 1.36 bits per heavy atom. The minimum Gasteiger partial charge on any atom is -0.192 e. The summed E-state index contributed by atoms with van der Waals surface area (Å²) in [5.74, 6) is 14.7. The van der Waals surface area contributed by atoms with Crippen LogP contribution in [0.3, 0.4) is 0 Å². The maximum absolute atomic E-state index is 8.90. The molecule has 1 aliphatic rings. The first-order valence-electron chi connectivity index (χ1n) is 11.9. The van der Waals surface area contributed by atoms with Crippen LogP contribution in [0.2, 0.25) is 0 Å². The van der Waals surface area contributed by atoms with Crippen molar-refractivity contribution in [2.24, 2.45) is 5.92 Å². The van der Waals surface area contributed by atoms with Gasteiger partial charge in [-0.15, -0.1) is 0 Å². The van der Waals surface area contributed by atoms with Crippen molar-refractivity contribution in [2.45, 2.75) is 51.9 Å². The van der Waals surface area contributed by atoms with Gasteiger partial charge in [-0.05, 0) is 97.3 Å². The Bertz CT molecular complexity index is 1270. The summed E-state index contributed by atoms with van der Waals surface area (Å²) in [5, 5.41) is 8.90. The van der Waals surface area contributed by atoms with E-state index in [9.17, 15) is 0 Å². The summed E-state index contributed by atoms with van der Waals surface area (Å²) in [6, 6.07) is 24.5. The van der Waals surface area contributed by atoms with Crippen LogP contribution < -0.4 is 0 Å². The van der Waals surface area contributed by atoms with E-state index in [1.165, 1.54) is 37.7 Å². The number of benzene rings is 3. The zero-order valence-corrected chi connectivity index (χ0v) is 19.5. The van der Waals surface area contributed by atoms with Crippen molar-refractivity contribution in [2.75, 3.05) is 0 Å². The van der Waals surface area contributed by atoms with E-state index in [0.29, 0.717) is 5.56 Å². The number of nitriles is 1. The molecule has 0 aromatic heterocycles. The standard InChI is InChI=1S/C32H29N/c1-3-4-5-6-31-22-32(31)30-19-14-26(15-20-30)7-10-27-16-18-29(24(2)21-27)17-13-25-8-11-28(23-33)12-9-25/h8-9,11-12,14-16,18-21,31-32H,3-6,22H2,1-2H3. The molecule has 0 N–H and O–H groups in total. The molecule has 2 unspecified atom stereocenters. The summed E-state index contributed by atoms with van der Waals surface area (Å²) in [4.78, 5) is 0. The largest absolute Gasteiger partial charge is 0.192 e. The topological polar surface area (TPSA) is 23.8 Å². The van der Waals surface area contributed by atoms with Gasteiger partial charge in [-0.25, -0.2) is 0 Å². The maximum Gasteiger partial charge on any atom is 0.0991 e. The van der Waals surface area contributed by atoms with Crippen molar-refractivity contribution in [3.63, 3.8) is 0 Å². The van der Waals surface area contributed by atoms with Gasteiger partial charge in [0.05, 0.1) is 11.6 Å². The first-order chi connectivity index (χ1) is 16.2. The zero-order valence-electron chi connectivity index (χ0n) is 19.5. The minimum absolute atomic E-state index is 0.647. The Kier molecular flexibility index (Phi) is 7.30. The Balaban J connectivity index is 1.38. The van der Waals surface area contributed by atoms with Gasteiger partial charge in [-0.1, -0.05) is 62.0 Å². The molecule has 1 nitrogen and oxygen atoms in total.